The van der Waals surface area contributed by atoms with Crippen LogP contribution in [0.25, 0.3) is 0 Å². The van der Waals surface area contributed by atoms with Crippen LogP contribution in [-0.2, 0) is 11.0 Å². The first kappa shape index (κ1) is 20.3. The summed E-state index contributed by atoms with van der Waals surface area (Å²) in [7, 11) is 0. The zero-order valence-electron chi connectivity index (χ0n) is 15.0. The van der Waals surface area contributed by atoms with Gasteiger partial charge in [-0.25, -0.2) is 0 Å². The molecule has 0 aliphatic heterocycles. The van der Waals surface area contributed by atoms with Gasteiger partial charge in [0.25, 0.3) is 11.8 Å². The second-order valence-corrected chi connectivity index (χ2v) is 5.98. The molecule has 8 heteroatoms. The van der Waals surface area contributed by atoms with Crippen molar-refractivity contribution in [2.75, 3.05) is 0 Å². The maximum Gasteiger partial charge on any atom is 0.416 e. The molecule has 2 aromatic carbocycles. The molecule has 0 radical (unpaired) electrons. The first-order chi connectivity index (χ1) is 12.6. The van der Waals surface area contributed by atoms with Gasteiger partial charge >= 0.3 is 6.18 Å². The summed E-state index contributed by atoms with van der Waals surface area (Å²) in [5.74, 6) is -0.793. The van der Waals surface area contributed by atoms with Crippen LogP contribution in [0, 0.1) is 13.8 Å². The van der Waals surface area contributed by atoms with Gasteiger partial charge in [-0.15, -0.1) is 0 Å². The average molecular weight is 380 g/mol. The Morgan fingerprint density at radius 3 is 2.22 bits per heavy atom. The van der Waals surface area contributed by atoms with E-state index >= 15 is 0 Å². The van der Waals surface area contributed by atoms with E-state index in [-0.39, 0.29) is 5.56 Å². The van der Waals surface area contributed by atoms with E-state index in [0.29, 0.717) is 5.75 Å². The third-order valence-electron chi connectivity index (χ3n) is 4.00. The fourth-order valence-electron chi connectivity index (χ4n) is 2.20. The predicted octanol–water partition coefficient (Wildman–Crippen LogP) is 3.55. The summed E-state index contributed by atoms with van der Waals surface area (Å²) in [4.78, 5) is 24.0. The molecule has 5 nitrogen and oxygen atoms in total. The first-order valence-corrected chi connectivity index (χ1v) is 8.10. The minimum Gasteiger partial charge on any atom is -0.481 e. The zero-order valence-corrected chi connectivity index (χ0v) is 15.0. The molecule has 2 rings (SSSR count). The molecule has 0 heterocycles. The van der Waals surface area contributed by atoms with E-state index in [0.717, 1.165) is 35.4 Å². The Morgan fingerprint density at radius 2 is 1.63 bits per heavy atom. The van der Waals surface area contributed by atoms with E-state index in [1.54, 1.807) is 12.1 Å². The maximum absolute atomic E-state index is 12.5. The van der Waals surface area contributed by atoms with Crippen molar-refractivity contribution in [3.05, 3.63) is 64.7 Å². The molecule has 1 atom stereocenters. The van der Waals surface area contributed by atoms with Gasteiger partial charge in [-0.05, 0) is 62.2 Å². The Hall–Kier alpha value is -3.03. The van der Waals surface area contributed by atoms with Gasteiger partial charge in [-0.2, -0.15) is 13.2 Å². The summed E-state index contributed by atoms with van der Waals surface area (Å²) in [5.41, 5.74) is 5.36. The Balaban J connectivity index is 1.92. The molecule has 0 unspecified atom stereocenters. The number of aryl methyl sites for hydroxylation is 1. The molecule has 0 aromatic heterocycles. The van der Waals surface area contributed by atoms with Crippen molar-refractivity contribution >= 4 is 11.8 Å². The molecular weight excluding hydrogens is 361 g/mol. The summed E-state index contributed by atoms with van der Waals surface area (Å²) < 4.78 is 43.2. The highest BCUT2D eigenvalue weighted by Crippen LogP contribution is 2.29. The van der Waals surface area contributed by atoms with E-state index in [1.807, 2.05) is 19.9 Å². The number of hydrazine groups is 1. The van der Waals surface area contributed by atoms with Gasteiger partial charge in [0, 0.05) is 5.56 Å². The molecule has 0 aliphatic carbocycles. The number of halogens is 3. The highest BCUT2D eigenvalue weighted by atomic mass is 19.4. The summed E-state index contributed by atoms with van der Waals surface area (Å²) in [5, 5.41) is 0. The fraction of sp³-hybridized carbons (Fsp3) is 0.263. The van der Waals surface area contributed by atoms with Crippen LogP contribution in [0.5, 0.6) is 5.75 Å². The van der Waals surface area contributed by atoms with Crippen molar-refractivity contribution in [2.24, 2.45) is 0 Å². The lowest BCUT2D eigenvalue weighted by atomic mass is 10.1. The predicted molar refractivity (Wildman–Crippen MR) is 93.1 cm³/mol. The van der Waals surface area contributed by atoms with Crippen molar-refractivity contribution in [3.8, 4) is 5.75 Å². The molecule has 2 amide bonds. The van der Waals surface area contributed by atoms with Gasteiger partial charge < -0.3 is 4.74 Å². The largest absolute Gasteiger partial charge is 0.481 e. The van der Waals surface area contributed by atoms with Crippen LogP contribution in [0.3, 0.4) is 0 Å². The van der Waals surface area contributed by atoms with Crippen molar-refractivity contribution in [1.82, 2.24) is 10.9 Å². The SMILES string of the molecule is Cc1cccc(O[C@H](C)C(=O)NNC(=O)c2ccc(C(F)(F)F)cc2)c1C. The summed E-state index contributed by atoms with van der Waals surface area (Å²) in [6.45, 7) is 5.29. The zero-order chi connectivity index (χ0) is 20.2. The first-order valence-electron chi connectivity index (χ1n) is 8.10. The number of rotatable bonds is 4. The summed E-state index contributed by atoms with van der Waals surface area (Å²) >= 11 is 0. The van der Waals surface area contributed by atoms with Crippen LogP contribution < -0.4 is 15.6 Å². The van der Waals surface area contributed by atoms with E-state index in [1.165, 1.54) is 6.92 Å². The highest BCUT2D eigenvalue weighted by Gasteiger charge is 2.30. The number of carbonyl (C=O) groups excluding carboxylic acids is 2. The van der Waals surface area contributed by atoms with E-state index in [9.17, 15) is 22.8 Å². The minimum atomic E-state index is -4.48. The van der Waals surface area contributed by atoms with E-state index in [2.05, 4.69) is 10.9 Å². The molecule has 2 aromatic rings. The normalized spacial score (nSPS) is 12.2. The molecule has 0 saturated carbocycles. The third-order valence-corrected chi connectivity index (χ3v) is 4.00. The van der Waals surface area contributed by atoms with Gasteiger partial charge in [0.05, 0.1) is 5.56 Å². The highest BCUT2D eigenvalue weighted by molar-refractivity contribution is 5.95. The maximum atomic E-state index is 12.5. The van der Waals surface area contributed by atoms with Crippen molar-refractivity contribution < 1.29 is 27.5 Å². The van der Waals surface area contributed by atoms with Gasteiger partial charge in [0.2, 0.25) is 0 Å². The van der Waals surface area contributed by atoms with Crippen LogP contribution in [0.2, 0.25) is 0 Å². The van der Waals surface area contributed by atoms with Crippen LogP contribution in [0.1, 0.15) is 34.0 Å². The lowest BCUT2D eigenvalue weighted by Crippen LogP contribution is -2.47. The van der Waals surface area contributed by atoms with Crippen LogP contribution >= 0.6 is 0 Å². The Kier molecular flexibility index (Phi) is 6.09. The smallest absolute Gasteiger partial charge is 0.416 e. The molecule has 0 aliphatic rings. The molecule has 0 bridgehead atoms. The second kappa shape index (κ2) is 8.11. The molecule has 27 heavy (non-hydrogen) atoms. The van der Waals surface area contributed by atoms with Crippen LogP contribution in [-0.4, -0.2) is 17.9 Å². The number of alkyl halides is 3. The van der Waals surface area contributed by atoms with Gasteiger partial charge in [0.1, 0.15) is 5.75 Å². The number of hydrogen-bond donors (Lipinski definition) is 2. The number of hydrogen-bond acceptors (Lipinski definition) is 3. The number of ether oxygens (including phenoxy) is 1. The topological polar surface area (TPSA) is 67.4 Å². The van der Waals surface area contributed by atoms with Gasteiger partial charge in [-0.3, -0.25) is 20.4 Å². The van der Waals surface area contributed by atoms with E-state index in [4.69, 9.17) is 4.74 Å². The summed E-state index contributed by atoms with van der Waals surface area (Å²) in [6, 6.07) is 9.09. The Morgan fingerprint density at radius 1 is 1.00 bits per heavy atom. The third kappa shape index (κ3) is 5.22. The van der Waals surface area contributed by atoms with Crippen molar-refractivity contribution in [3.63, 3.8) is 0 Å². The van der Waals surface area contributed by atoms with Crippen LogP contribution in [0.15, 0.2) is 42.5 Å². The molecule has 144 valence electrons. The number of benzene rings is 2. The fourth-order valence-corrected chi connectivity index (χ4v) is 2.20. The molecule has 0 fully saturated rings. The lowest BCUT2D eigenvalue weighted by molar-refractivity contribution is -0.137. The quantitative estimate of drug-likeness (QED) is 0.798. The van der Waals surface area contributed by atoms with Crippen LogP contribution in [0.4, 0.5) is 13.2 Å². The average Bonchev–Trinajstić information content (AvgIpc) is 2.62. The Labute approximate surface area is 154 Å². The minimum absolute atomic E-state index is 0.0219. The van der Waals surface area contributed by atoms with Gasteiger partial charge in [-0.1, -0.05) is 12.1 Å². The summed E-state index contributed by atoms with van der Waals surface area (Å²) in [6.07, 6.45) is -5.37. The van der Waals surface area contributed by atoms with Crippen molar-refractivity contribution in [1.29, 1.82) is 0 Å². The molecule has 0 spiro atoms. The standard InChI is InChI=1S/C19H19F3N2O3/c1-11-5-4-6-16(12(11)2)27-13(3)17(25)23-24-18(26)14-7-9-15(10-8-14)19(20,21)22/h4-10,13H,1-3H3,(H,23,25)(H,24,26)/t13-/m1/s1. The molecule has 0 saturated heterocycles. The molecular formula is C19H19F3N2O3. The Bertz CT molecular complexity index is 833. The van der Waals surface area contributed by atoms with Gasteiger partial charge in [0.15, 0.2) is 6.10 Å². The molecule has 2 N–H and O–H groups in total. The number of nitrogens with one attached hydrogen (secondary N) is 2. The number of amides is 2. The number of carbonyl (C=O) groups is 2. The van der Waals surface area contributed by atoms with E-state index < -0.39 is 29.7 Å². The lowest BCUT2D eigenvalue weighted by Gasteiger charge is -2.17. The monoisotopic (exact) mass is 380 g/mol. The van der Waals surface area contributed by atoms with Crippen molar-refractivity contribution in [2.45, 2.75) is 33.1 Å². The second-order valence-electron chi connectivity index (χ2n) is 5.98.